The van der Waals surface area contributed by atoms with Gasteiger partial charge in [-0.25, -0.2) is 0 Å². The zero-order valence-corrected chi connectivity index (χ0v) is 22.3. The van der Waals surface area contributed by atoms with E-state index < -0.39 is 0 Å². The first-order chi connectivity index (χ1) is 15.8. The molecule has 4 nitrogen and oxygen atoms in total. The maximum absolute atomic E-state index is 5.98. The minimum Gasteiger partial charge on any atom is -0.381 e. The molecular weight excluding hydrogens is 400 g/mol. The van der Waals surface area contributed by atoms with Crippen LogP contribution in [-0.4, -0.2) is 52.9 Å². The monoisotopic (exact) mass is 458 g/mol. The summed E-state index contributed by atoms with van der Waals surface area (Å²) < 4.78 is 23.0. The van der Waals surface area contributed by atoms with E-state index in [-0.39, 0.29) is 0 Å². The molecule has 0 saturated carbocycles. The fourth-order valence-corrected chi connectivity index (χ4v) is 3.91. The standard InChI is InChI=1S/C28H58O4/c1-5-9-12-13-18-28(17-11-7-3)26-31-20-15-14-19-29-21-22-30-23-24-32-25-27(8-4)16-10-6-2/h27-28H,5-26H2,1-4H3. The van der Waals surface area contributed by atoms with Gasteiger partial charge in [0.2, 0.25) is 0 Å². The normalized spacial score (nSPS) is 13.5. The third kappa shape index (κ3) is 23.0. The zero-order chi connectivity index (χ0) is 23.5. The molecule has 0 rings (SSSR count). The lowest BCUT2D eigenvalue weighted by Gasteiger charge is -2.17. The molecule has 194 valence electrons. The maximum atomic E-state index is 5.98. The van der Waals surface area contributed by atoms with Crippen LogP contribution < -0.4 is 0 Å². The van der Waals surface area contributed by atoms with E-state index in [0.717, 1.165) is 45.2 Å². The molecule has 0 spiro atoms. The van der Waals surface area contributed by atoms with Gasteiger partial charge in [0, 0.05) is 26.4 Å². The summed E-state index contributed by atoms with van der Waals surface area (Å²) in [6.45, 7) is 15.2. The van der Waals surface area contributed by atoms with Crippen molar-refractivity contribution in [2.45, 2.75) is 118 Å². The summed E-state index contributed by atoms with van der Waals surface area (Å²) in [6.07, 6.45) is 17.9. The molecule has 0 aromatic rings. The molecule has 0 amide bonds. The summed E-state index contributed by atoms with van der Waals surface area (Å²) in [7, 11) is 0. The molecule has 0 saturated heterocycles. The second kappa shape index (κ2) is 27.1. The molecule has 0 aromatic carbocycles. The Balaban J connectivity index is 3.42. The van der Waals surface area contributed by atoms with E-state index >= 15 is 0 Å². The summed E-state index contributed by atoms with van der Waals surface area (Å²) in [5.74, 6) is 1.46. The van der Waals surface area contributed by atoms with Crippen molar-refractivity contribution in [3.63, 3.8) is 0 Å². The van der Waals surface area contributed by atoms with Gasteiger partial charge in [-0.2, -0.15) is 0 Å². The SMILES string of the molecule is CCCCCCC(CCCC)COCCCCOCCOCCOCC(CC)CCCC. The largest absolute Gasteiger partial charge is 0.381 e. The van der Waals surface area contributed by atoms with Gasteiger partial charge in [0.15, 0.2) is 0 Å². The van der Waals surface area contributed by atoms with Gasteiger partial charge in [-0.1, -0.05) is 85.5 Å². The van der Waals surface area contributed by atoms with Crippen LogP contribution in [-0.2, 0) is 18.9 Å². The Kier molecular flexibility index (Phi) is 27.0. The van der Waals surface area contributed by atoms with Crippen LogP contribution in [0.4, 0.5) is 0 Å². The molecule has 4 heteroatoms. The Bertz CT molecular complexity index is 337. The number of rotatable bonds is 27. The number of ether oxygens (including phenoxy) is 4. The fourth-order valence-electron chi connectivity index (χ4n) is 3.91. The van der Waals surface area contributed by atoms with Crippen LogP contribution in [0.2, 0.25) is 0 Å². The van der Waals surface area contributed by atoms with Crippen molar-refractivity contribution in [1.29, 1.82) is 0 Å². The topological polar surface area (TPSA) is 36.9 Å². The van der Waals surface area contributed by atoms with Crippen molar-refractivity contribution in [3.05, 3.63) is 0 Å². The lowest BCUT2D eigenvalue weighted by Crippen LogP contribution is -2.14. The Morgan fingerprint density at radius 1 is 0.406 bits per heavy atom. The van der Waals surface area contributed by atoms with Crippen LogP contribution in [0.25, 0.3) is 0 Å². The second-order valence-corrected chi connectivity index (χ2v) is 9.36. The van der Waals surface area contributed by atoms with Crippen molar-refractivity contribution in [2.75, 3.05) is 52.9 Å². The number of hydrogen-bond acceptors (Lipinski definition) is 4. The molecule has 0 fully saturated rings. The molecule has 2 unspecified atom stereocenters. The van der Waals surface area contributed by atoms with Gasteiger partial charge in [-0.3, -0.25) is 0 Å². The van der Waals surface area contributed by atoms with Gasteiger partial charge in [0.05, 0.1) is 26.4 Å². The van der Waals surface area contributed by atoms with Crippen molar-refractivity contribution < 1.29 is 18.9 Å². The summed E-state index contributed by atoms with van der Waals surface area (Å²) in [5, 5.41) is 0. The highest BCUT2D eigenvalue weighted by atomic mass is 16.5. The molecule has 2 atom stereocenters. The van der Waals surface area contributed by atoms with Crippen LogP contribution in [0.1, 0.15) is 118 Å². The van der Waals surface area contributed by atoms with E-state index in [2.05, 4.69) is 27.7 Å². The zero-order valence-electron chi connectivity index (χ0n) is 22.3. The van der Waals surface area contributed by atoms with Gasteiger partial charge in [0.25, 0.3) is 0 Å². The molecule has 0 aliphatic heterocycles. The summed E-state index contributed by atoms with van der Waals surface area (Å²) in [5.41, 5.74) is 0. The molecule has 0 aliphatic carbocycles. The first kappa shape index (κ1) is 31.8. The van der Waals surface area contributed by atoms with Crippen molar-refractivity contribution in [1.82, 2.24) is 0 Å². The lowest BCUT2D eigenvalue weighted by molar-refractivity contribution is 0.00466. The second-order valence-electron chi connectivity index (χ2n) is 9.36. The van der Waals surface area contributed by atoms with Crippen molar-refractivity contribution in [2.24, 2.45) is 11.8 Å². The molecule has 0 aromatic heterocycles. The quantitative estimate of drug-likeness (QED) is 0.118. The third-order valence-corrected chi connectivity index (χ3v) is 6.25. The number of hydrogen-bond donors (Lipinski definition) is 0. The molecule has 0 radical (unpaired) electrons. The van der Waals surface area contributed by atoms with E-state index in [1.54, 1.807) is 0 Å². The molecule has 0 aliphatic rings. The molecule has 0 bridgehead atoms. The Labute approximate surface area is 201 Å². The highest BCUT2D eigenvalue weighted by Gasteiger charge is 2.08. The van der Waals surface area contributed by atoms with E-state index in [0.29, 0.717) is 32.3 Å². The van der Waals surface area contributed by atoms with E-state index in [1.165, 1.54) is 77.0 Å². The first-order valence-electron chi connectivity index (χ1n) is 14.1. The van der Waals surface area contributed by atoms with Gasteiger partial charge in [-0.15, -0.1) is 0 Å². The minimum absolute atomic E-state index is 0.657. The Morgan fingerprint density at radius 2 is 0.875 bits per heavy atom. The van der Waals surface area contributed by atoms with E-state index in [4.69, 9.17) is 18.9 Å². The van der Waals surface area contributed by atoms with E-state index in [9.17, 15) is 0 Å². The molecule has 0 heterocycles. The summed E-state index contributed by atoms with van der Waals surface area (Å²) in [6, 6.07) is 0. The van der Waals surface area contributed by atoms with Crippen LogP contribution in [0.3, 0.4) is 0 Å². The predicted molar refractivity (Wildman–Crippen MR) is 138 cm³/mol. The van der Waals surface area contributed by atoms with Gasteiger partial charge < -0.3 is 18.9 Å². The van der Waals surface area contributed by atoms with Crippen LogP contribution in [0.15, 0.2) is 0 Å². The summed E-state index contributed by atoms with van der Waals surface area (Å²) in [4.78, 5) is 0. The average Bonchev–Trinajstić information content (AvgIpc) is 2.81. The summed E-state index contributed by atoms with van der Waals surface area (Å²) >= 11 is 0. The van der Waals surface area contributed by atoms with Gasteiger partial charge >= 0.3 is 0 Å². The Hall–Kier alpha value is -0.160. The first-order valence-corrected chi connectivity index (χ1v) is 14.1. The van der Waals surface area contributed by atoms with Crippen molar-refractivity contribution in [3.8, 4) is 0 Å². The van der Waals surface area contributed by atoms with Crippen LogP contribution >= 0.6 is 0 Å². The fraction of sp³-hybridized carbons (Fsp3) is 1.00. The lowest BCUT2D eigenvalue weighted by atomic mass is 9.96. The van der Waals surface area contributed by atoms with Gasteiger partial charge in [0.1, 0.15) is 0 Å². The maximum Gasteiger partial charge on any atom is 0.0701 e. The highest BCUT2D eigenvalue weighted by molar-refractivity contribution is 4.60. The van der Waals surface area contributed by atoms with Crippen molar-refractivity contribution >= 4 is 0 Å². The minimum atomic E-state index is 0.657. The Morgan fingerprint density at radius 3 is 1.50 bits per heavy atom. The average molecular weight is 459 g/mol. The molecule has 0 N–H and O–H groups in total. The molecular formula is C28H58O4. The van der Waals surface area contributed by atoms with Crippen LogP contribution in [0, 0.1) is 11.8 Å². The van der Waals surface area contributed by atoms with E-state index in [1.807, 2.05) is 0 Å². The predicted octanol–water partition coefficient (Wildman–Crippen LogP) is 7.83. The third-order valence-electron chi connectivity index (χ3n) is 6.25. The number of unbranched alkanes of at least 4 members (excludes halogenated alkanes) is 6. The van der Waals surface area contributed by atoms with Gasteiger partial charge in [-0.05, 0) is 43.9 Å². The molecule has 32 heavy (non-hydrogen) atoms. The highest BCUT2D eigenvalue weighted by Crippen LogP contribution is 2.18. The van der Waals surface area contributed by atoms with Crippen LogP contribution in [0.5, 0.6) is 0 Å². The smallest absolute Gasteiger partial charge is 0.0701 e.